The number of ether oxygens (including phenoxy) is 3. The number of methoxy groups -OCH3 is 2. The molecule has 0 bridgehead atoms. The van der Waals surface area contributed by atoms with E-state index >= 15 is 0 Å². The Hall–Kier alpha value is -3.15. The molecule has 3 aromatic rings. The van der Waals surface area contributed by atoms with E-state index in [1.807, 2.05) is 0 Å². The van der Waals surface area contributed by atoms with Crippen molar-refractivity contribution < 1.29 is 44.2 Å². The summed E-state index contributed by atoms with van der Waals surface area (Å²) in [6.07, 6.45) is -7.44. The lowest BCUT2D eigenvalue weighted by molar-refractivity contribution is -0.231. The predicted molar refractivity (Wildman–Crippen MR) is 115 cm³/mol. The molecule has 0 amide bonds. The Morgan fingerprint density at radius 3 is 2.27 bits per heavy atom. The molecule has 1 aliphatic rings. The zero-order valence-corrected chi connectivity index (χ0v) is 17.8. The summed E-state index contributed by atoms with van der Waals surface area (Å²) >= 11 is 0. The van der Waals surface area contributed by atoms with Crippen LogP contribution in [0.2, 0.25) is 0 Å². The van der Waals surface area contributed by atoms with Crippen molar-refractivity contribution in [3.05, 3.63) is 52.2 Å². The lowest BCUT2D eigenvalue weighted by atomic mass is 9.89. The fraction of sp³-hybridized carbons (Fsp3) is 0.348. The second-order valence-corrected chi connectivity index (χ2v) is 7.67. The van der Waals surface area contributed by atoms with Crippen LogP contribution < -0.4 is 14.9 Å². The van der Waals surface area contributed by atoms with Crippen LogP contribution in [-0.2, 0) is 4.74 Å². The molecular weight excluding hydrogens is 436 g/mol. The van der Waals surface area contributed by atoms with Crippen molar-refractivity contribution in [3.8, 4) is 28.6 Å². The van der Waals surface area contributed by atoms with Gasteiger partial charge in [0.2, 0.25) is 0 Å². The number of hydrogen-bond acceptors (Lipinski definition) is 10. The molecule has 1 aromatic heterocycles. The molecule has 1 fully saturated rings. The summed E-state index contributed by atoms with van der Waals surface area (Å²) in [7, 11) is 2.83. The molecule has 2 aromatic carbocycles. The van der Waals surface area contributed by atoms with E-state index in [-0.39, 0.29) is 28.0 Å². The lowest BCUT2D eigenvalue weighted by Gasteiger charge is -2.40. The number of hydrogen-bond donors (Lipinski definition) is 5. The minimum atomic E-state index is -1.66. The van der Waals surface area contributed by atoms with Crippen LogP contribution in [0.3, 0.4) is 0 Å². The topological polar surface area (TPSA) is 159 Å². The maximum absolute atomic E-state index is 13.0. The fourth-order valence-electron chi connectivity index (χ4n) is 3.99. The standard InChI is InChI=1S/C23H24O10/c1-30-11-5-3-10(4-6-11)14-7-12(25)17-13(26)8-15(31-2)18(22(17)32-14)23-21(29)20(28)19(27)16(9-24)33-23/h3-8,16,19-21,23-24,26-29H,9H2,1-2H3/t16?,19-,20-,21?,23-/m0/s1. The monoisotopic (exact) mass is 460 g/mol. The molecule has 10 nitrogen and oxygen atoms in total. The van der Waals surface area contributed by atoms with Crippen molar-refractivity contribution in [2.24, 2.45) is 0 Å². The Morgan fingerprint density at radius 1 is 0.970 bits per heavy atom. The minimum absolute atomic E-state index is 0.0133. The molecule has 1 saturated heterocycles. The van der Waals surface area contributed by atoms with Crippen LogP contribution in [0.15, 0.2) is 45.6 Å². The Labute approximate surface area is 187 Å². The van der Waals surface area contributed by atoms with E-state index in [2.05, 4.69) is 0 Å². The first-order valence-corrected chi connectivity index (χ1v) is 10.1. The summed E-state index contributed by atoms with van der Waals surface area (Å²) in [6, 6.07) is 9.10. The number of aromatic hydroxyl groups is 1. The van der Waals surface area contributed by atoms with E-state index in [0.29, 0.717) is 11.3 Å². The van der Waals surface area contributed by atoms with Crippen molar-refractivity contribution in [2.75, 3.05) is 20.8 Å². The zero-order chi connectivity index (χ0) is 23.9. The molecule has 176 valence electrons. The summed E-state index contributed by atoms with van der Waals surface area (Å²) in [5.74, 6) is 0.362. The molecule has 10 heteroatoms. The number of phenolic OH excluding ortho intramolecular Hbond substituents is 1. The van der Waals surface area contributed by atoms with Crippen molar-refractivity contribution in [2.45, 2.75) is 30.5 Å². The van der Waals surface area contributed by atoms with Crippen LogP contribution in [-0.4, -0.2) is 70.8 Å². The van der Waals surface area contributed by atoms with E-state index in [0.717, 1.165) is 0 Å². The maximum Gasteiger partial charge on any atom is 0.197 e. The minimum Gasteiger partial charge on any atom is -0.507 e. The van der Waals surface area contributed by atoms with E-state index in [1.165, 1.54) is 26.4 Å². The van der Waals surface area contributed by atoms with Crippen molar-refractivity contribution in [1.29, 1.82) is 0 Å². The molecule has 2 unspecified atom stereocenters. The molecule has 0 radical (unpaired) electrons. The third-order valence-electron chi connectivity index (χ3n) is 5.75. The highest BCUT2D eigenvalue weighted by atomic mass is 16.5. The highest BCUT2D eigenvalue weighted by Gasteiger charge is 2.46. The van der Waals surface area contributed by atoms with Gasteiger partial charge < -0.3 is 44.2 Å². The van der Waals surface area contributed by atoms with Gasteiger partial charge in [0.05, 0.1) is 26.4 Å². The predicted octanol–water partition coefficient (Wildman–Crippen LogP) is 0.698. The molecule has 0 spiro atoms. The van der Waals surface area contributed by atoms with Crippen LogP contribution in [0.4, 0.5) is 0 Å². The Morgan fingerprint density at radius 2 is 1.67 bits per heavy atom. The summed E-state index contributed by atoms with van der Waals surface area (Å²) in [5, 5.41) is 50.9. The van der Waals surface area contributed by atoms with Gasteiger partial charge in [-0.1, -0.05) is 0 Å². The van der Waals surface area contributed by atoms with Crippen LogP contribution in [0.25, 0.3) is 22.3 Å². The van der Waals surface area contributed by atoms with Crippen LogP contribution in [0.5, 0.6) is 17.2 Å². The molecule has 5 atom stereocenters. The Balaban J connectivity index is 1.97. The third kappa shape index (κ3) is 3.92. The summed E-state index contributed by atoms with van der Waals surface area (Å²) in [6.45, 7) is -0.638. The smallest absolute Gasteiger partial charge is 0.197 e. The average molecular weight is 460 g/mol. The highest BCUT2D eigenvalue weighted by Crippen LogP contribution is 2.44. The van der Waals surface area contributed by atoms with Gasteiger partial charge in [-0.05, 0) is 24.3 Å². The number of rotatable bonds is 5. The average Bonchev–Trinajstić information content (AvgIpc) is 2.82. The van der Waals surface area contributed by atoms with Gasteiger partial charge in [-0.2, -0.15) is 0 Å². The molecule has 5 N–H and O–H groups in total. The van der Waals surface area contributed by atoms with Gasteiger partial charge in [-0.3, -0.25) is 4.79 Å². The van der Waals surface area contributed by atoms with Crippen LogP contribution in [0, 0.1) is 0 Å². The molecule has 33 heavy (non-hydrogen) atoms. The first kappa shape index (κ1) is 23.0. The second kappa shape index (κ2) is 9.00. The van der Waals surface area contributed by atoms with Crippen LogP contribution in [0.1, 0.15) is 11.7 Å². The number of aliphatic hydroxyl groups excluding tert-OH is 4. The quantitative estimate of drug-likeness (QED) is 0.367. The van der Waals surface area contributed by atoms with Crippen molar-refractivity contribution >= 4 is 11.0 Å². The summed E-state index contributed by atoms with van der Waals surface area (Å²) in [4.78, 5) is 13.0. The van der Waals surface area contributed by atoms with Gasteiger partial charge in [-0.25, -0.2) is 0 Å². The third-order valence-corrected chi connectivity index (χ3v) is 5.75. The van der Waals surface area contributed by atoms with Crippen molar-refractivity contribution in [3.63, 3.8) is 0 Å². The van der Waals surface area contributed by atoms with Gasteiger partial charge in [0, 0.05) is 17.7 Å². The van der Waals surface area contributed by atoms with Gasteiger partial charge >= 0.3 is 0 Å². The normalized spacial score (nSPS) is 25.2. The maximum atomic E-state index is 13.0. The molecule has 0 saturated carbocycles. The number of benzene rings is 2. The molecule has 1 aliphatic heterocycles. The van der Waals surface area contributed by atoms with Gasteiger partial charge in [0.25, 0.3) is 0 Å². The largest absolute Gasteiger partial charge is 0.507 e. The molecule has 2 heterocycles. The van der Waals surface area contributed by atoms with Gasteiger partial charge in [-0.15, -0.1) is 0 Å². The lowest BCUT2D eigenvalue weighted by Crippen LogP contribution is -2.55. The Kier molecular flexibility index (Phi) is 6.28. The van der Waals surface area contributed by atoms with Crippen molar-refractivity contribution in [1.82, 2.24) is 0 Å². The SMILES string of the molecule is COc1ccc(-c2cc(=O)c3c(O)cc(OC)c([C@@H]4OC(CO)[C@H](O)[C@H](O)C4O)c3o2)cc1. The molecular formula is C23H24O10. The summed E-state index contributed by atoms with van der Waals surface area (Å²) < 4.78 is 22.2. The first-order chi connectivity index (χ1) is 15.8. The fourth-order valence-corrected chi connectivity index (χ4v) is 3.99. The zero-order valence-electron chi connectivity index (χ0n) is 17.8. The van der Waals surface area contributed by atoms with Gasteiger partial charge in [0.15, 0.2) is 11.0 Å². The number of phenols is 1. The number of aliphatic hydroxyl groups is 4. The van der Waals surface area contributed by atoms with Gasteiger partial charge in [0.1, 0.15) is 58.9 Å². The van der Waals surface area contributed by atoms with Crippen LogP contribution >= 0.6 is 0 Å². The highest BCUT2D eigenvalue weighted by molar-refractivity contribution is 5.89. The first-order valence-electron chi connectivity index (χ1n) is 10.1. The van der Waals surface area contributed by atoms with E-state index in [4.69, 9.17) is 18.6 Å². The summed E-state index contributed by atoms with van der Waals surface area (Å²) in [5.41, 5.74) is -0.117. The van der Waals surface area contributed by atoms with E-state index < -0.39 is 48.3 Å². The molecule has 0 aliphatic carbocycles. The Bertz CT molecular complexity index is 1200. The van der Waals surface area contributed by atoms with E-state index in [1.54, 1.807) is 24.3 Å². The molecule has 4 rings (SSSR count). The number of fused-ring (bicyclic) bond motifs is 1. The van der Waals surface area contributed by atoms with E-state index in [9.17, 15) is 30.3 Å². The second-order valence-electron chi connectivity index (χ2n) is 7.67.